The zero-order chi connectivity index (χ0) is 30.1. The van der Waals surface area contributed by atoms with E-state index in [4.69, 9.17) is 14.2 Å². The highest BCUT2D eigenvalue weighted by atomic mass is 16.5. The Labute approximate surface area is 264 Å². The number of nitrogens with zero attached hydrogens (tertiary/aromatic N) is 2. The molecule has 3 aromatic carbocycles. The van der Waals surface area contributed by atoms with Crippen molar-refractivity contribution in [3.05, 3.63) is 106 Å². The van der Waals surface area contributed by atoms with E-state index in [0.29, 0.717) is 39.6 Å². The van der Waals surface area contributed by atoms with Crippen LogP contribution in [0.25, 0.3) is 0 Å². The van der Waals surface area contributed by atoms with E-state index in [0.717, 1.165) is 78.5 Å². The maximum atomic E-state index is 6.09. The maximum Gasteiger partial charge on any atom is 0.0717 e. The van der Waals surface area contributed by atoms with Gasteiger partial charge in [0, 0.05) is 78.5 Å². The third-order valence-corrected chi connectivity index (χ3v) is 8.33. The molecule has 3 aromatic rings. The molecule has 0 aliphatic carbocycles. The van der Waals surface area contributed by atoms with Crippen molar-refractivity contribution in [1.82, 2.24) is 25.8 Å². The number of hydrogen-bond acceptors (Lipinski definition) is 8. The van der Waals surface area contributed by atoms with Crippen LogP contribution in [-0.2, 0) is 53.7 Å². The second kappa shape index (κ2) is 19.0. The van der Waals surface area contributed by atoms with Gasteiger partial charge in [0.15, 0.2) is 0 Å². The van der Waals surface area contributed by atoms with Gasteiger partial charge in [-0.1, -0.05) is 72.8 Å². The molecule has 0 unspecified atom stereocenters. The van der Waals surface area contributed by atoms with Crippen LogP contribution in [0.2, 0.25) is 0 Å². The summed E-state index contributed by atoms with van der Waals surface area (Å²) in [5.41, 5.74) is 7.52. The first-order valence-electron chi connectivity index (χ1n) is 16.3. The van der Waals surface area contributed by atoms with E-state index in [1.54, 1.807) is 0 Å². The first-order valence-corrected chi connectivity index (χ1v) is 16.3. The van der Waals surface area contributed by atoms with Gasteiger partial charge in [0.25, 0.3) is 0 Å². The fourth-order valence-electron chi connectivity index (χ4n) is 5.49. The van der Waals surface area contributed by atoms with Gasteiger partial charge < -0.3 is 30.2 Å². The van der Waals surface area contributed by atoms with E-state index >= 15 is 0 Å². The van der Waals surface area contributed by atoms with Gasteiger partial charge in [-0.25, -0.2) is 0 Å². The average Bonchev–Trinajstić information content (AvgIpc) is 3.05. The normalized spacial score (nSPS) is 22.6. The fourth-order valence-corrected chi connectivity index (χ4v) is 5.49. The third-order valence-electron chi connectivity index (χ3n) is 8.33. The minimum Gasteiger partial charge on any atom is -0.375 e. The van der Waals surface area contributed by atoms with Crippen LogP contribution in [0, 0.1) is 0 Å². The summed E-state index contributed by atoms with van der Waals surface area (Å²) in [6.45, 7) is 14.9. The van der Waals surface area contributed by atoms with Gasteiger partial charge in [0.2, 0.25) is 0 Å². The summed E-state index contributed by atoms with van der Waals surface area (Å²) in [6, 6.07) is 26.4. The van der Waals surface area contributed by atoms with Crippen LogP contribution in [0.15, 0.2) is 72.8 Å². The zero-order valence-electron chi connectivity index (χ0n) is 26.3. The van der Waals surface area contributed by atoms with Crippen LogP contribution < -0.4 is 16.0 Å². The zero-order valence-corrected chi connectivity index (χ0v) is 26.3. The van der Waals surface area contributed by atoms with Gasteiger partial charge in [-0.2, -0.15) is 0 Å². The summed E-state index contributed by atoms with van der Waals surface area (Å²) in [7, 11) is 0. The van der Waals surface area contributed by atoms with Gasteiger partial charge in [-0.05, 0) is 33.4 Å². The lowest BCUT2D eigenvalue weighted by Gasteiger charge is -2.23. The van der Waals surface area contributed by atoms with Crippen LogP contribution in [0.4, 0.5) is 0 Å². The van der Waals surface area contributed by atoms with Crippen molar-refractivity contribution in [3.63, 3.8) is 0 Å². The minimum atomic E-state index is 0.623. The molecule has 238 valence electrons. The Morgan fingerprint density at radius 3 is 0.955 bits per heavy atom. The lowest BCUT2D eigenvalue weighted by Crippen LogP contribution is -2.40. The highest BCUT2D eigenvalue weighted by molar-refractivity contribution is 5.23. The summed E-state index contributed by atoms with van der Waals surface area (Å²) in [6.07, 6.45) is 0. The van der Waals surface area contributed by atoms with Crippen molar-refractivity contribution in [1.29, 1.82) is 0 Å². The van der Waals surface area contributed by atoms with Crippen LogP contribution in [0.5, 0.6) is 0 Å². The smallest absolute Gasteiger partial charge is 0.0717 e. The molecule has 15 rings (SSSR count). The molecule has 3 N–H and O–H groups in total. The molecule has 0 saturated heterocycles. The van der Waals surface area contributed by atoms with Crippen molar-refractivity contribution in [2.24, 2.45) is 0 Å². The van der Waals surface area contributed by atoms with E-state index in [9.17, 15) is 0 Å². The number of hydrogen-bond donors (Lipinski definition) is 3. The lowest BCUT2D eigenvalue weighted by atomic mass is 10.1. The number of rotatable bonds is 0. The quantitative estimate of drug-likeness (QED) is 0.362. The summed E-state index contributed by atoms with van der Waals surface area (Å²) in [5.74, 6) is 0. The number of nitrogens with one attached hydrogen (secondary N) is 3. The molecule has 12 aliphatic rings. The highest BCUT2D eigenvalue weighted by Crippen LogP contribution is 2.09. The second-order valence-electron chi connectivity index (χ2n) is 11.8. The Morgan fingerprint density at radius 2 is 0.636 bits per heavy atom. The first kappa shape index (κ1) is 32.7. The van der Waals surface area contributed by atoms with E-state index < -0.39 is 0 Å². The molecule has 0 atom stereocenters. The molecule has 8 heteroatoms. The Morgan fingerprint density at radius 1 is 0.364 bits per heavy atom. The first-order chi connectivity index (χ1) is 21.8. The third kappa shape index (κ3) is 12.0. The molecule has 0 amide bonds. The predicted octanol–water partition coefficient (Wildman–Crippen LogP) is 3.54. The van der Waals surface area contributed by atoms with Crippen molar-refractivity contribution < 1.29 is 14.2 Å². The van der Waals surface area contributed by atoms with Gasteiger partial charge >= 0.3 is 0 Å². The van der Waals surface area contributed by atoms with E-state index in [1.165, 1.54) is 33.4 Å². The second-order valence-corrected chi connectivity index (χ2v) is 11.8. The summed E-state index contributed by atoms with van der Waals surface area (Å²) >= 11 is 0. The molecule has 44 heavy (non-hydrogen) atoms. The molecule has 12 aliphatic heterocycles. The molecular formula is C36H51N5O3. The molecule has 12 heterocycles. The van der Waals surface area contributed by atoms with Crippen LogP contribution in [0.3, 0.4) is 0 Å². The monoisotopic (exact) mass is 601 g/mol. The summed E-state index contributed by atoms with van der Waals surface area (Å²) in [5, 5.41) is 11.0. The molecule has 0 radical (unpaired) electrons. The fraction of sp³-hybridized carbons (Fsp3) is 0.500. The molecule has 0 saturated carbocycles. The molecular weight excluding hydrogens is 550 g/mol. The molecule has 0 aromatic heterocycles. The Hall–Kier alpha value is -2.66. The van der Waals surface area contributed by atoms with Gasteiger partial charge in [-0.3, -0.25) is 9.80 Å². The minimum absolute atomic E-state index is 0.623. The lowest BCUT2D eigenvalue weighted by molar-refractivity contribution is 0.0426. The van der Waals surface area contributed by atoms with Crippen LogP contribution >= 0.6 is 0 Å². The number of benzene rings is 3. The van der Waals surface area contributed by atoms with E-state index in [2.05, 4.69) is 98.5 Å². The van der Waals surface area contributed by atoms with E-state index in [1.807, 2.05) is 0 Å². The standard InChI is InChI=1S/C36H51N5O3/c1-7-34-8-2-31(1)25-37-13-16-40-17-14-38-26-32-3-9-35(10-4-32)29-43-23-20-41(19-22-42-28-34)21-24-44-30-36-11-5-33(6-12-36)27-39-15-18-40/h1-12,37-39H,13-30H2. The molecule has 0 fully saturated rings. The van der Waals surface area contributed by atoms with Crippen molar-refractivity contribution in [2.45, 2.75) is 39.5 Å². The SMILES string of the molecule is c1cc2ccc1CNCCN1CCNCc3ccc(cc3)COCCN(CCOC2)CCOCc2ccc(cc2)CNCC1. The molecule has 8 nitrogen and oxygen atoms in total. The van der Waals surface area contributed by atoms with Gasteiger partial charge in [0.1, 0.15) is 0 Å². The largest absolute Gasteiger partial charge is 0.375 e. The molecule has 8 bridgehead atoms. The Bertz CT molecular complexity index is 946. The van der Waals surface area contributed by atoms with E-state index in [-0.39, 0.29) is 0 Å². The number of ether oxygens (including phenoxy) is 3. The predicted molar refractivity (Wildman–Crippen MR) is 176 cm³/mol. The van der Waals surface area contributed by atoms with Crippen molar-refractivity contribution in [3.8, 4) is 0 Å². The summed E-state index contributed by atoms with van der Waals surface area (Å²) < 4.78 is 18.3. The topological polar surface area (TPSA) is 70.3 Å². The Balaban J connectivity index is 1.27. The van der Waals surface area contributed by atoms with Crippen LogP contribution in [0.1, 0.15) is 33.4 Å². The summed E-state index contributed by atoms with van der Waals surface area (Å²) in [4.78, 5) is 4.93. The average molecular weight is 602 g/mol. The Kier molecular flexibility index (Phi) is 14.1. The molecule has 0 spiro atoms. The maximum absolute atomic E-state index is 6.09. The van der Waals surface area contributed by atoms with Gasteiger partial charge in [-0.15, -0.1) is 0 Å². The van der Waals surface area contributed by atoms with Crippen molar-refractivity contribution >= 4 is 0 Å². The van der Waals surface area contributed by atoms with Gasteiger partial charge in [0.05, 0.1) is 39.6 Å². The van der Waals surface area contributed by atoms with Crippen LogP contribution in [-0.4, -0.2) is 88.5 Å². The highest BCUT2D eigenvalue weighted by Gasteiger charge is 2.09. The van der Waals surface area contributed by atoms with Crippen molar-refractivity contribution in [2.75, 3.05) is 78.7 Å².